The minimum Gasteiger partial charge on any atom is -0.246 e. The molecule has 0 aromatic rings. The van der Waals surface area contributed by atoms with Crippen LogP contribution in [0.1, 0.15) is 13.3 Å². The Balaban J connectivity index is 2.93. The summed E-state index contributed by atoms with van der Waals surface area (Å²) in [5, 5.41) is 1.83. The molecule has 30 valence electrons. The third-order valence-corrected chi connectivity index (χ3v) is 0.750. The molecule has 5 heavy (non-hydrogen) atoms. The van der Waals surface area contributed by atoms with Crippen LogP contribution in [0.25, 0.3) is 0 Å². The molecule has 0 aromatic heterocycles. The van der Waals surface area contributed by atoms with E-state index < -0.39 is 0 Å². The van der Waals surface area contributed by atoms with Crippen LogP contribution < -0.4 is 0 Å². The van der Waals surface area contributed by atoms with Crippen LogP contribution in [0.5, 0.6) is 0 Å². The van der Waals surface area contributed by atoms with Gasteiger partial charge in [-0.2, -0.15) is 0 Å². The van der Waals surface area contributed by atoms with Gasteiger partial charge in [0.15, 0.2) is 0 Å². The Morgan fingerprint density at radius 3 is 2.60 bits per heavy atom. The van der Waals surface area contributed by atoms with E-state index in [9.17, 15) is 0 Å². The second kappa shape index (κ2) is 3.89. The quantitative estimate of drug-likeness (QED) is 0.464. The summed E-state index contributed by atoms with van der Waals surface area (Å²) in [7, 11) is 0. The highest BCUT2D eigenvalue weighted by molar-refractivity contribution is 7.65. The van der Waals surface area contributed by atoms with E-state index in [-0.39, 0.29) is 0 Å². The molecule has 0 saturated carbocycles. The van der Waals surface area contributed by atoms with Crippen molar-refractivity contribution in [3.63, 3.8) is 0 Å². The summed E-state index contributed by atoms with van der Waals surface area (Å²) in [6, 6.07) is 0. The normalized spacial score (nSPS) is 6.60. The van der Waals surface area contributed by atoms with Crippen molar-refractivity contribution in [1.29, 1.82) is 4.78 Å². The highest BCUT2D eigenvalue weighted by atomic mass is 32.1. The Kier molecular flexibility index (Phi) is 3.80. The molecule has 0 atom stereocenters. The van der Waals surface area contributed by atoms with E-state index in [1.165, 1.54) is 0 Å². The first kappa shape index (κ1) is 4.89. The van der Waals surface area contributed by atoms with E-state index in [1.54, 1.807) is 0 Å². The van der Waals surface area contributed by atoms with Crippen LogP contribution in [0.3, 0.4) is 0 Å². The summed E-state index contributed by atoms with van der Waals surface area (Å²) in [6.45, 7) is 2.02. The summed E-state index contributed by atoms with van der Waals surface area (Å²) >= 11 is 1.03. The Labute approximate surface area is 35.5 Å². The molecular weight excluding hydrogens is 82.1 g/mol. The number of hydrogen-bond donors (Lipinski definition) is 1. The van der Waals surface area contributed by atoms with Gasteiger partial charge >= 0.3 is 0 Å². The van der Waals surface area contributed by atoms with Gasteiger partial charge in [0.1, 0.15) is 0 Å². The van der Waals surface area contributed by atoms with Gasteiger partial charge < -0.3 is 0 Å². The zero-order chi connectivity index (χ0) is 4.12. The number of hydrogen-bond acceptors (Lipinski definition) is 1. The molecule has 0 unspecified atom stereocenters. The molecule has 0 bridgehead atoms. The SMILES string of the molecule is CCC=S=N. The fraction of sp³-hybridized carbons (Fsp3) is 0.667. The fourth-order valence-corrected chi connectivity index (χ4v) is 0.250. The number of rotatable bonds is 1. The standard InChI is InChI=1S/C3H7NS/c1-2-3-5-4/h3-4H,2H2,1H3. The van der Waals surface area contributed by atoms with Gasteiger partial charge in [0.25, 0.3) is 0 Å². The molecule has 1 N–H and O–H groups in total. The highest BCUT2D eigenvalue weighted by Gasteiger charge is 1.50. The van der Waals surface area contributed by atoms with Crippen LogP contribution in [0.4, 0.5) is 0 Å². The Morgan fingerprint density at radius 1 is 2.00 bits per heavy atom. The minimum atomic E-state index is 0.994. The van der Waals surface area contributed by atoms with E-state index >= 15 is 0 Å². The number of nitrogens with one attached hydrogen (secondary N) is 1. The lowest BCUT2D eigenvalue weighted by atomic mass is 10.6. The van der Waals surface area contributed by atoms with Gasteiger partial charge in [0.2, 0.25) is 0 Å². The van der Waals surface area contributed by atoms with E-state index in [0.717, 1.165) is 17.6 Å². The zero-order valence-corrected chi connectivity index (χ0v) is 4.01. The molecule has 0 heterocycles. The molecule has 2 heteroatoms. The van der Waals surface area contributed by atoms with Gasteiger partial charge in [-0.05, 0) is 11.8 Å². The topological polar surface area (TPSA) is 23.9 Å². The predicted molar refractivity (Wildman–Crippen MR) is 26.4 cm³/mol. The van der Waals surface area contributed by atoms with Gasteiger partial charge in [-0.25, -0.2) is 4.78 Å². The van der Waals surface area contributed by atoms with Crippen molar-refractivity contribution < 1.29 is 0 Å². The van der Waals surface area contributed by atoms with Crippen molar-refractivity contribution in [1.82, 2.24) is 0 Å². The lowest BCUT2D eigenvalue weighted by molar-refractivity contribution is 1.35. The van der Waals surface area contributed by atoms with Crippen LogP contribution in [0, 0.1) is 4.78 Å². The second-order valence-electron chi connectivity index (χ2n) is 0.693. The van der Waals surface area contributed by atoms with Crippen LogP contribution in [0.15, 0.2) is 0 Å². The fourth-order valence-electron chi connectivity index (χ4n) is 0.0833. The second-order valence-corrected chi connectivity index (χ2v) is 1.26. The molecule has 0 saturated heterocycles. The Hall–Kier alpha value is -0.110. The molecule has 1 nitrogen and oxygen atoms in total. The van der Waals surface area contributed by atoms with Crippen LogP contribution in [-0.2, 0) is 11.1 Å². The summed E-state index contributed by atoms with van der Waals surface area (Å²) in [6.07, 6.45) is 0.994. The smallest absolute Gasteiger partial charge is 0.0135 e. The summed E-state index contributed by atoms with van der Waals surface area (Å²) < 4.78 is 6.46. The third-order valence-electron chi connectivity index (χ3n) is 0.250. The summed E-state index contributed by atoms with van der Waals surface area (Å²) in [5.74, 6) is 0. The molecule has 0 aliphatic carbocycles. The van der Waals surface area contributed by atoms with Gasteiger partial charge in [-0.1, -0.05) is 18.1 Å². The van der Waals surface area contributed by atoms with Crippen LogP contribution >= 0.6 is 0 Å². The van der Waals surface area contributed by atoms with Crippen LogP contribution in [-0.4, -0.2) is 5.37 Å². The van der Waals surface area contributed by atoms with Gasteiger partial charge in [0, 0.05) is 0 Å². The lowest BCUT2D eigenvalue weighted by Crippen LogP contribution is -1.56. The van der Waals surface area contributed by atoms with Crippen molar-refractivity contribution in [2.24, 2.45) is 0 Å². The van der Waals surface area contributed by atoms with Crippen LogP contribution in [0.2, 0.25) is 0 Å². The van der Waals surface area contributed by atoms with Gasteiger partial charge in [0.05, 0.1) is 0 Å². The first-order valence-electron chi connectivity index (χ1n) is 1.56. The van der Waals surface area contributed by atoms with Crippen molar-refractivity contribution in [2.75, 3.05) is 0 Å². The highest BCUT2D eigenvalue weighted by Crippen LogP contribution is 1.56. The van der Waals surface area contributed by atoms with E-state index in [4.69, 9.17) is 4.78 Å². The first-order valence-corrected chi connectivity index (χ1v) is 2.43. The molecule has 0 rings (SSSR count). The molecule has 0 aliphatic rings. The average Bonchev–Trinajstić information content (AvgIpc) is 1.41. The zero-order valence-electron chi connectivity index (χ0n) is 3.19. The van der Waals surface area contributed by atoms with Gasteiger partial charge in [-0.3, -0.25) is 0 Å². The first-order chi connectivity index (χ1) is 2.41. The molecule has 0 radical (unpaired) electrons. The van der Waals surface area contributed by atoms with Gasteiger partial charge in [-0.15, -0.1) is 0 Å². The maximum atomic E-state index is 6.46. The molecular formula is C3H7NS. The third kappa shape index (κ3) is 3.89. The van der Waals surface area contributed by atoms with E-state index in [1.807, 2.05) is 12.3 Å². The van der Waals surface area contributed by atoms with E-state index in [0.29, 0.717) is 0 Å². The summed E-state index contributed by atoms with van der Waals surface area (Å²) in [5.41, 5.74) is 0. The Morgan fingerprint density at radius 2 is 2.60 bits per heavy atom. The maximum Gasteiger partial charge on any atom is -0.0135 e. The summed E-state index contributed by atoms with van der Waals surface area (Å²) in [4.78, 5) is 0. The Bertz CT molecular complexity index is 53.9. The van der Waals surface area contributed by atoms with Crippen molar-refractivity contribution in [3.8, 4) is 0 Å². The average molecular weight is 89.2 g/mol. The van der Waals surface area contributed by atoms with Crippen molar-refractivity contribution >= 4 is 16.5 Å². The van der Waals surface area contributed by atoms with Crippen molar-refractivity contribution in [3.05, 3.63) is 0 Å². The molecule has 0 spiro atoms. The molecule has 0 aromatic carbocycles. The van der Waals surface area contributed by atoms with Crippen molar-refractivity contribution in [2.45, 2.75) is 13.3 Å². The molecule has 0 amide bonds. The lowest BCUT2D eigenvalue weighted by Gasteiger charge is -1.58. The van der Waals surface area contributed by atoms with E-state index in [2.05, 4.69) is 0 Å². The molecule has 0 fully saturated rings. The predicted octanol–water partition coefficient (Wildman–Crippen LogP) is 1.04. The minimum absolute atomic E-state index is 0.994. The monoisotopic (exact) mass is 89.0 g/mol. The largest absolute Gasteiger partial charge is 0.246 e. The molecule has 0 aliphatic heterocycles. The maximum absolute atomic E-state index is 6.46.